The van der Waals surface area contributed by atoms with Gasteiger partial charge in [-0.25, -0.2) is 4.98 Å². The van der Waals surface area contributed by atoms with Crippen molar-refractivity contribution in [2.24, 2.45) is 0 Å². The summed E-state index contributed by atoms with van der Waals surface area (Å²) in [4.78, 5) is 13.4. The summed E-state index contributed by atoms with van der Waals surface area (Å²) in [6.07, 6.45) is 0.969. The maximum absolute atomic E-state index is 10.4. The molecular formula is C7H8N2O3. The van der Waals surface area contributed by atoms with Crippen molar-refractivity contribution in [3.8, 4) is 5.88 Å². The molecule has 1 rings (SSSR count). The third-order valence-electron chi connectivity index (χ3n) is 1.36. The fourth-order valence-corrected chi connectivity index (χ4v) is 0.770. The van der Waals surface area contributed by atoms with E-state index in [1.54, 1.807) is 0 Å². The second kappa shape index (κ2) is 3.17. The van der Waals surface area contributed by atoms with E-state index in [4.69, 9.17) is 4.11 Å². The summed E-state index contributed by atoms with van der Waals surface area (Å²) in [6.45, 7) is 1.48. The maximum atomic E-state index is 10.4. The Bertz CT molecular complexity index is 392. The first kappa shape index (κ1) is 5.08. The highest BCUT2D eigenvalue weighted by Gasteiger charge is 2.10. The van der Waals surface area contributed by atoms with Gasteiger partial charge in [0, 0.05) is 11.6 Å². The normalized spacial score (nSPS) is 14.2. The Hall–Kier alpha value is -1.65. The summed E-state index contributed by atoms with van der Waals surface area (Å²) in [7, 11) is -2.60. The van der Waals surface area contributed by atoms with Crippen molar-refractivity contribution in [3.05, 3.63) is 27.9 Å². The molecule has 1 heterocycles. The summed E-state index contributed by atoms with van der Waals surface area (Å²) < 4.78 is 24.9. The molecule has 0 fully saturated rings. The topological polar surface area (TPSA) is 65.3 Å². The predicted molar refractivity (Wildman–Crippen MR) is 42.2 cm³/mol. The molecule has 64 valence electrons. The van der Waals surface area contributed by atoms with Gasteiger partial charge in [-0.3, -0.25) is 10.1 Å². The highest BCUT2D eigenvalue weighted by molar-refractivity contribution is 5.39. The van der Waals surface area contributed by atoms with E-state index in [0.29, 0.717) is 5.56 Å². The fourth-order valence-electron chi connectivity index (χ4n) is 0.770. The monoisotopic (exact) mass is 171 g/mol. The average molecular weight is 171 g/mol. The van der Waals surface area contributed by atoms with Crippen molar-refractivity contribution in [1.82, 2.24) is 4.98 Å². The standard InChI is InChI=1S/C7H8N2O3/c1-5-3-7(12-2)8-4-6(5)9(10)11/h3-4H,1-2H3/i2D3. The van der Waals surface area contributed by atoms with Crippen LogP contribution < -0.4 is 4.74 Å². The van der Waals surface area contributed by atoms with Gasteiger partial charge in [0.1, 0.15) is 6.20 Å². The van der Waals surface area contributed by atoms with Crippen LogP contribution >= 0.6 is 0 Å². The quantitative estimate of drug-likeness (QED) is 0.497. The maximum Gasteiger partial charge on any atom is 0.290 e. The molecule has 5 nitrogen and oxygen atoms in total. The predicted octanol–water partition coefficient (Wildman–Crippen LogP) is 1.31. The Morgan fingerprint density at radius 3 is 3.08 bits per heavy atom. The van der Waals surface area contributed by atoms with Crippen LogP contribution in [0.5, 0.6) is 5.88 Å². The molecule has 0 aliphatic rings. The molecule has 0 saturated carbocycles. The van der Waals surface area contributed by atoms with Gasteiger partial charge in [0.05, 0.1) is 16.1 Å². The Labute approximate surface area is 73.4 Å². The van der Waals surface area contributed by atoms with Crippen molar-refractivity contribution >= 4 is 5.69 Å². The van der Waals surface area contributed by atoms with E-state index >= 15 is 0 Å². The van der Waals surface area contributed by atoms with Crippen LogP contribution in [0.2, 0.25) is 0 Å². The number of pyridine rings is 1. The van der Waals surface area contributed by atoms with E-state index < -0.39 is 12.0 Å². The van der Waals surface area contributed by atoms with Crippen LogP contribution in [0.3, 0.4) is 0 Å². The highest BCUT2D eigenvalue weighted by Crippen LogP contribution is 2.19. The van der Waals surface area contributed by atoms with Crippen LogP contribution in [-0.4, -0.2) is 16.9 Å². The lowest BCUT2D eigenvalue weighted by Crippen LogP contribution is -1.94. The van der Waals surface area contributed by atoms with Crippen LogP contribution in [0.25, 0.3) is 0 Å². The first-order chi connectivity index (χ1) is 6.79. The first-order valence-corrected chi connectivity index (χ1v) is 3.09. The number of aryl methyl sites for hydroxylation is 1. The van der Waals surface area contributed by atoms with Crippen LogP contribution in [0.1, 0.15) is 9.68 Å². The molecule has 0 amide bonds. The molecule has 0 spiro atoms. The molecular weight excluding hydrogens is 160 g/mol. The van der Waals surface area contributed by atoms with E-state index in [9.17, 15) is 10.1 Å². The number of methoxy groups -OCH3 is 1. The zero-order valence-corrected chi connectivity index (χ0v) is 6.27. The second-order valence-electron chi connectivity index (χ2n) is 2.17. The van der Waals surface area contributed by atoms with Crippen LogP contribution in [0.15, 0.2) is 12.3 Å². The van der Waals surface area contributed by atoms with Crippen LogP contribution in [0, 0.1) is 17.0 Å². The lowest BCUT2D eigenvalue weighted by atomic mass is 10.2. The molecule has 0 bridgehead atoms. The van der Waals surface area contributed by atoms with Gasteiger partial charge >= 0.3 is 0 Å². The van der Waals surface area contributed by atoms with Gasteiger partial charge in [0.15, 0.2) is 0 Å². The van der Waals surface area contributed by atoms with Gasteiger partial charge in [0.25, 0.3) is 5.69 Å². The number of nitrogens with zero attached hydrogens (tertiary/aromatic N) is 2. The van der Waals surface area contributed by atoms with E-state index in [0.717, 1.165) is 6.20 Å². The lowest BCUT2D eigenvalue weighted by molar-refractivity contribution is -0.385. The molecule has 0 aliphatic carbocycles. The number of nitro groups is 1. The van der Waals surface area contributed by atoms with Gasteiger partial charge < -0.3 is 4.74 Å². The Balaban J connectivity index is 2.97. The molecule has 0 N–H and O–H groups in total. The molecule has 1 aromatic rings. The van der Waals surface area contributed by atoms with E-state index in [2.05, 4.69) is 9.72 Å². The van der Waals surface area contributed by atoms with Gasteiger partial charge in [-0.05, 0) is 6.92 Å². The minimum atomic E-state index is -2.60. The van der Waals surface area contributed by atoms with Crippen molar-refractivity contribution in [2.75, 3.05) is 7.04 Å². The summed E-state index contributed by atoms with van der Waals surface area (Å²) in [5.41, 5.74) is 0.127. The Morgan fingerprint density at radius 2 is 2.58 bits per heavy atom. The molecule has 0 aliphatic heterocycles. The molecule has 0 radical (unpaired) electrons. The number of ether oxygens (including phenoxy) is 1. The van der Waals surface area contributed by atoms with Crippen molar-refractivity contribution in [2.45, 2.75) is 6.92 Å². The smallest absolute Gasteiger partial charge is 0.290 e. The van der Waals surface area contributed by atoms with E-state index in [1.165, 1.54) is 13.0 Å². The SMILES string of the molecule is [2H]C([2H])([2H])Oc1cc(C)c([N+](=O)[O-])cn1. The molecule has 0 atom stereocenters. The summed E-state index contributed by atoms with van der Waals surface area (Å²) in [6, 6.07) is 1.21. The van der Waals surface area contributed by atoms with Crippen molar-refractivity contribution in [3.63, 3.8) is 0 Å². The minimum Gasteiger partial charge on any atom is -0.481 e. The van der Waals surface area contributed by atoms with Gasteiger partial charge in [-0.1, -0.05) is 0 Å². The molecule has 5 heteroatoms. The van der Waals surface area contributed by atoms with Crippen LogP contribution in [-0.2, 0) is 0 Å². The zero-order chi connectivity index (χ0) is 11.6. The summed E-state index contributed by atoms with van der Waals surface area (Å²) in [5, 5.41) is 10.4. The number of hydrogen-bond donors (Lipinski definition) is 0. The van der Waals surface area contributed by atoms with Gasteiger partial charge in [0.2, 0.25) is 5.88 Å². The summed E-state index contributed by atoms with van der Waals surface area (Å²) >= 11 is 0. The largest absolute Gasteiger partial charge is 0.481 e. The Kier molecular flexibility index (Phi) is 1.34. The Morgan fingerprint density at radius 1 is 1.83 bits per heavy atom. The zero-order valence-electron chi connectivity index (χ0n) is 9.27. The van der Waals surface area contributed by atoms with Gasteiger partial charge in [-0.15, -0.1) is 0 Å². The van der Waals surface area contributed by atoms with Crippen molar-refractivity contribution < 1.29 is 13.8 Å². The average Bonchev–Trinajstić information content (AvgIpc) is 1.99. The molecule has 0 aromatic carbocycles. The second-order valence-corrected chi connectivity index (χ2v) is 2.17. The van der Waals surface area contributed by atoms with Crippen LogP contribution in [0.4, 0.5) is 5.69 Å². The molecule has 12 heavy (non-hydrogen) atoms. The summed E-state index contributed by atoms with van der Waals surface area (Å²) in [5.74, 6) is -0.155. The lowest BCUT2D eigenvalue weighted by Gasteiger charge is -1.99. The van der Waals surface area contributed by atoms with Crippen molar-refractivity contribution in [1.29, 1.82) is 0 Å². The van der Waals surface area contributed by atoms with E-state index in [1.807, 2.05) is 0 Å². The first-order valence-electron chi connectivity index (χ1n) is 4.59. The number of hydrogen-bond acceptors (Lipinski definition) is 4. The molecule has 0 saturated heterocycles. The number of rotatable bonds is 2. The molecule has 0 unspecified atom stereocenters. The number of aromatic nitrogens is 1. The highest BCUT2D eigenvalue weighted by atomic mass is 16.6. The van der Waals surface area contributed by atoms with Gasteiger partial charge in [-0.2, -0.15) is 0 Å². The third kappa shape index (κ3) is 1.50. The third-order valence-corrected chi connectivity index (χ3v) is 1.36. The fraction of sp³-hybridized carbons (Fsp3) is 0.286. The van der Waals surface area contributed by atoms with E-state index in [-0.39, 0.29) is 11.6 Å². The molecule has 1 aromatic heterocycles. The minimum absolute atomic E-state index is 0.155.